The van der Waals surface area contributed by atoms with Crippen molar-refractivity contribution < 1.29 is 23.9 Å². The largest absolute Gasteiger partial charge is 0.464 e. The Morgan fingerprint density at radius 3 is 2.40 bits per heavy atom. The van der Waals surface area contributed by atoms with Gasteiger partial charge in [0.25, 0.3) is 11.8 Å². The second kappa shape index (κ2) is 9.97. The molecule has 1 aliphatic carbocycles. The molecule has 0 aromatic heterocycles. The molecule has 0 radical (unpaired) electrons. The molecule has 0 unspecified atom stereocenters. The molecule has 2 aromatic rings. The predicted octanol–water partition coefficient (Wildman–Crippen LogP) is 3.75. The molecular weight excluding hydrogens is 446 g/mol. The van der Waals surface area contributed by atoms with Gasteiger partial charge in [-0.3, -0.25) is 19.3 Å². The van der Waals surface area contributed by atoms with E-state index < -0.39 is 11.9 Å². The van der Waals surface area contributed by atoms with E-state index in [4.69, 9.17) is 0 Å². The standard InChI is InChI=1S/C27H27N3O5/c1-16(27(34)35-3)28-25(32)17(2)30-15-23-21(5-4-6-22(23)26(30)33)19-10-12-20(13-11-19)29-24(31)14-9-18-7-8-18/h4-6,10-13,18H,1-2,7-9,14-15H2,3H3,(H,28,32)(H,29,31). The number of methoxy groups -OCH3 is 1. The smallest absolute Gasteiger partial charge is 0.353 e. The lowest BCUT2D eigenvalue weighted by Gasteiger charge is -2.18. The summed E-state index contributed by atoms with van der Waals surface area (Å²) < 4.78 is 4.52. The number of hydrogen-bond acceptors (Lipinski definition) is 5. The quantitative estimate of drug-likeness (QED) is 0.426. The molecule has 180 valence electrons. The first-order chi connectivity index (χ1) is 16.8. The number of nitrogens with zero attached hydrogens (tertiary/aromatic N) is 1. The molecule has 0 saturated heterocycles. The zero-order valence-electron chi connectivity index (χ0n) is 19.6. The number of nitrogens with one attached hydrogen (secondary N) is 2. The van der Waals surface area contributed by atoms with Crippen LogP contribution in [0.2, 0.25) is 0 Å². The maximum atomic E-state index is 13.0. The van der Waals surface area contributed by atoms with Gasteiger partial charge < -0.3 is 15.4 Å². The highest BCUT2D eigenvalue weighted by Crippen LogP contribution is 2.35. The van der Waals surface area contributed by atoms with Gasteiger partial charge in [-0.1, -0.05) is 50.3 Å². The normalized spacial score (nSPS) is 14.2. The second-order valence-corrected chi connectivity index (χ2v) is 8.70. The third-order valence-electron chi connectivity index (χ3n) is 6.21. The van der Waals surface area contributed by atoms with E-state index in [2.05, 4.69) is 28.5 Å². The molecule has 0 atom stereocenters. The minimum atomic E-state index is -0.785. The summed E-state index contributed by atoms with van der Waals surface area (Å²) >= 11 is 0. The number of hydrogen-bond donors (Lipinski definition) is 2. The summed E-state index contributed by atoms with van der Waals surface area (Å²) in [5.74, 6) is -1.14. The van der Waals surface area contributed by atoms with Gasteiger partial charge in [0.15, 0.2) is 0 Å². The summed E-state index contributed by atoms with van der Waals surface area (Å²) in [6.07, 6.45) is 3.92. The van der Waals surface area contributed by atoms with Gasteiger partial charge in [-0.2, -0.15) is 0 Å². The first kappa shape index (κ1) is 23.9. The third kappa shape index (κ3) is 5.32. The van der Waals surface area contributed by atoms with Gasteiger partial charge >= 0.3 is 5.97 Å². The van der Waals surface area contributed by atoms with Crippen LogP contribution in [0.25, 0.3) is 11.1 Å². The van der Waals surface area contributed by atoms with E-state index in [0.717, 1.165) is 28.8 Å². The zero-order valence-corrected chi connectivity index (χ0v) is 19.6. The molecule has 1 heterocycles. The molecule has 35 heavy (non-hydrogen) atoms. The molecule has 1 aliphatic heterocycles. The van der Waals surface area contributed by atoms with Crippen molar-refractivity contribution in [3.05, 3.63) is 78.1 Å². The van der Waals surface area contributed by atoms with Crippen molar-refractivity contribution in [3.8, 4) is 11.1 Å². The summed E-state index contributed by atoms with van der Waals surface area (Å²) in [6, 6.07) is 12.8. The van der Waals surface area contributed by atoms with Gasteiger partial charge in [-0.15, -0.1) is 0 Å². The van der Waals surface area contributed by atoms with E-state index in [0.29, 0.717) is 17.9 Å². The van der Waals surface area contributed by atoms with Crippen LogP contribution in [0.1, 0.15) is 41.6 Å². The molecule has 2 aliphatic rings. The fraction of sp³-hybridized carbons (Fsp3) is 0.259. The summed E-state index contributed by atoms with van der Waals surface area (Å²) in [7, 11) is 1.17. The fourth-order valence-corrected chi connectivity index (χ4v) is 4.03. The van der Waals surface area contributed by atoms with Crippen molar-refractivity contribution in [1.29, 1.82) is 0 Å². The van der Waals surface area contributed by atoms with Crippen molar-refractivity contribution in [1.82, 2.24) is 10.2 Å². The Kier molecular flexibility index (Phi) is 6.82. The Morgan fingerprint density at radius 2 is 1.74 bits per heavy atom. The lowest BCUT2D eigenvalue weighted by atomic mass is 9.97. The highest BCUT2D eigenvalue weighted by atomic mass is 16.5. The average molecular weight is 474 g/mol. The molecule has 8 nitrogen and oxygen atoms in total. The predicted molar refractivity (Wildman–Crippen MR) is 131 cm³/mol. The van der Waals surface area contributed by atoms with Crippen LogP contribution in [0.15, 0.2) is 67.0 Å². The van der Waals surface area contributed by atoms with Crippen LogP contribution < -0.4 is 10.6 Å². The Labute approximate surface area is 203 Å². The van der Waals surface area contributed by atoms with Crippen LogP contribution >= 0.6 is 0 Å². The van der Waals surface area contributed by atoms with Gasteiger partial charge in [-0.25, -0.2) is 4.79 Å². The van der Waals surface area contributed by atoms with E-state index >= 15 is 0 Å². The monoisotopic (exact) mass is 473 g/mol. The number of esters is 1. The number of anilines is 1. The molecular formula is C27H27N3O5. The highest BCUT2D eigenvalue weighted by molar-refractivity contribution is 6.07. The van der Waals surface area contributed by atoms with Gasteiger partial charge in [0, 0.05) is 17.7 Å². The maximum absolute atomic E-state index is 13.0. The van der Waals surface area contributed by atoms with Crippen LogP contribution in [-0.2, 0) is 25.7 Å². The molecule has 0 spiro atoms. The molecule has 2 N–H and O–H groups in total. The van der Waals surface area contributed by atoms with Crippen molar-refractivity contribution in [2.45, 2.75) is 32.2 Å². The number of carbonyl (C=O) groups excluding carboxylic acids is 4. The summed E-state index contributed by atoms with van der Waals surface area (Å²) in [5.41, 5.74) is 3.32. The van der Waals surface area contributed by atoms with Crippen molar-refractivity contribution in [2.24, 2.45) is 5.92 Å². The van der Waals surface area contributed by atoms with E-state index in [1.54, 1.807) is 12.1 Å². The van der Waals surface area contributed by atoms with Crippen LogP contribution in [0, 0.1) is 5.92 Å². The van der Waals surface area contributed by atoms with Crippen LogP contribution in [0.4, 0.5) is 5.69 Å². The molecule has 8 heteroatoms. The van der Waals surface area contributed by atoms with Gasteiger partial charge in [0.2, 0.25) is 5.91 Å². The Bertz CT molecular complexity index is 1230. The minimum Gasteiger partial charge on any atom is -0.464 e. The van der Waals surface area contributed by atoms with E-state index in [9.17, 15) is 19.2 Å². The minimum absolute atomic E-state index is 0.0122. The van der Waals surface area contributed by atoms with Gasteiger partial charge in [0.05, 0.1) is 13.7 Å². The number of ether oxygens (including phenoxy) is 1. The number of rotatable bonds is 9. The molecule has 0 bridgehead atoms. The van der Waals surface area contributed by atoms with Crippen LogP contribution in [0.3, 0.4) is 0 Å². The van der Waals surface area contributed by atoms with Crippen molar-refractivity contribution in [3.63, 3.8) is 0 Å². The average Bonchev–Trinajstić information content (AvgIpc) is 3.63. The molecule has 1 fully saturated rings. The summed E-state index contributed by atoms with van der Waals surface area (Å²) in [6.45, 7) is 7.35. The lowest BCUT2D eigenvalue weighted by molar-refractivity contribution is -0.137. The van der Waals surface area contributed by atoms with Gasteiger partial charge in [-0.05, 0) is 47.2 Å². The Balaban J connectivity index is 1.46. The lowest BCUT2D eigenvalue weighted by Crippen LogP contribution is -2.36. The zero-order chi connectivity index (χ0) is 25.1. The number of benzene rings is 2. The maximum Gasteiger partial charge on any atom is 0.353 e. The van der Waals surface area contributed by atoms with Crippen molar-refractivity contribution >= 4 is 29.4 Å². The van der Waals surface area contributed by atoms with E-state index in [1.165, 1.54) is 24.9 Å². The van der Waals surface area contributed by atoms with E-state index in [-0.39, 0.29) is 29.8 Å². The number of fused-ring (bicyclic) bond motifs is 1. The Morgan fingerprint density at radius 1 is 1.06 bits per heavy atom. The summed E-state index contributed by atoms with van der Waals surface area (Å²) in [5, 5.41) is 5.23. The topological polar surface area (TPSA) is 105 Å². The second-order valence-electron chi connectivity index (χ2n) is 8.70. The highest BCUT2D eigenvalue weighted by Gasteiger charge is 2.33. The Hall–Kier alpha value is -4.20. The van der Waals surface area contributed by atoms with Gasteiger partial charge in [0.1, 0.15) is 11.4 Å². The van der Waals surface area contributed by atoms with Crippen molar-refractivity contribution in [2.75, 3.05) is 12.4 Å². The van der Waals surface area contributed by atoms with Crippen LogP contribution in [0.5, 0.6) is 0 Å². The molecule has 2 aromatic carbocycles. The molecule has 1 saturated carbocycles. The van der Waals surface area contributed by atoms with E-state index in [1.807, 2.05) is 30.3 Å². The molecule has 4 rings (SSSR count). The fourth-order valence-electron chi connectivity index (χ4n) is 4.03. The van der Waals surface area contributed by atoms with Crippen LogP contribution in [-0.4, -0.2) is 35.7 Å². The summed E-state index contributed by atoms with van der Waals surface area (Å²) in [4.78, 5) is 50.4. The SMILES string of the molecule is C=C(NC(=O)C(=C)N1Cc2c(cccc2-c2ccc(NC(=O)CCC3CC3)cc2)C1=O)C(=O)OC. The third-order valence-corrected chi connectivity index (χ3v) is 6.21. The first-order valence-corrected chi connectivity index (χ1v) is 11.4. The molecule has 3 amide bonds. The number of carbonyl (C=O) groups is 4. The first-order valence-electron chi connectivity index (χ1n) is 11.4. The number of amides is 3.